The molecule has 18 heavy (non-hydrogen) atoms. The van der Waals surface area contributed by atoms with Gasteiger partial charge >= 0.3 is 0 Å². The molecule has 0 amide bonds. The molecular weight excluding hydrogens is 314 g/mol. The fourth-order valence-corrected chi connectivity index (χ4v) is 1.89. The van der Waals surface area contributed by atoms with Gasteiger partial charge in [0.1, 0.15) is 18.4 Å². The normalized spacial score (nSPS) is 9.83. The van der Waals surface area contributed by atoms with E-state index >= 15 is 0 Å². The van der Waals surface area contributed by atoms with Crippen LogP contribution in [0.3, 0.4) is 0 Å². The highest BCUT2D eigenvalue weighted by Crippen LogP contribution is 2.23. The first-order valence-electron chi connectivity index (χ1n) is 5.26. The van der Waals surface area contributed by atoms with Crippen LogP contribution in [0.25, 0.3) is 0 Å². The van der Waals surface area contributed by atoms with E-state index in [1.807, 2.05) is 24.3 Å². The highest BCUT2D eigenvalue weighted by molar-refractivity contribution is 9.10. The van der Waals surface area contributed by atoms with Gasteiger partial charge in [-0.15, -0.1) is 0 Å². The molecule has 0 atom stereocenters. The Kier molecular flexibility index (Phi) is 4.24. The van der Waals surface area contributed by atoms with Gasteiger partial charge in [0, 0.05) is 9.50 Å². The van der Waals surface area contributed by atoms with Crippen molar-refractivity contribution < 1.29 is 4.74 Å². The second kappa shape index (κ2) is 5.90. The van der Waals surface area contributed by atoms with E-state index in [2.05, 4.69) is 22.0 Å². The van der Waals surface area contributed by atoms with Gasteiger partial charge in [0.2, 0.25) is 0 Å². The molecule has 0 heterocycles. The van der Waals surface area contributed by atoms with Crippen LogP contribution in [0.4, 0.5) is 0 Å². The lowest BCUT2D eigenvalue weighted by molar-refractivity contribution is 0.305. The van der Waals surface area contributed by atoms with Crippen LogP contribution in [0.5, 0.6) is 5.75 Å². The van der Waals surface area contributed by atoms with Gasteiger partial charge in [0.15, 0.2) is 0 Å². The second-order valence-corrected chi connectivity index (χ2v) is 5.02. The molecule has 0 unspecified atom stereocenters. The summed E-state index contributed by atoms with van der Waals surface area (Å²) in [4.78, 5) is 0. The molecule has 2 rings (SSSR count). The first-order valence-corrected chi connectivity index (χ1v) is 6.43. The van der Waals surface area contributed by atoms with Gasteiger partial charge in [0.05, 0.1) is 5.56 Å². The summed E-state index contributed by atoms with van der Waals surface area (Å²) in [5, 5.41) is 9.51. The molecular formula is C14H9BrClNO. The lowest BCUT2D eigenvalue weighted by Crippen LogP contribution is -1.97. The zero-order chi connectivity index (χ0) is 13.0. The summed E-state index contributed by atoms with van der Waals surface area (Å²) >= 11 is 9.19. The van der Waals surface area contributed by atoms with Gasteiger partial charge in [-0.2, -0.15) is 5.26 Å². The molecule has 0 aromatic heterocycles. The maximum atomic E-state index is 8.98. The Morgan fingerprint density at radius 2 is 1.89 bits per heavy atom. The minimum Gasteiger partial charge on any atom is -0.488 e. The molecule has 0 N–H and O–H groups in total. The first kappa shape index (κ1) is 12.9. The number of ether oxygens (including phenoxy) is 1. The lowest BCUT2D eigenvalue weighted by Gasteiger charge is -2.08. The van der Waals surface area contributed by atoms with Crippen LogP contribution in [0, 0.1) is 11.3 Å². The standard InChI is InChI=1S/C14H9BrClNO/c15-12-3-1-10(2-4-12)9-18-14-6-5-13(16)7-11(14)8-17/h1-7H,9H2. The van der Waals surface area contributed by atoms with Crippen LogP contribution >= 0.6 is 27.5 Å². The highest BCUT2D eigenvalue weighted by Gasteiger charge is 2.04. The van der Waals surface area contributed by atoms with Gasteiger partial charge in [-0.25, -0.2) is 0 Å². The van der Waals surface area contributed by atoms with E-state index in [0.717, 1.165) is 10.0 Å². The number of hydrogen-bond donors (Lipinski definition) is 0. The molecule has 0 aliphatic rings. The van der Waals surface area contributed by atoms with Crippen molar-refractivity contribution in [3.8, 4) is 11.8 Å². The molecule has 0 aliphatic heterocycles. The van der Waals surface area contributed by atoms with E-state index in [-0.39, 0.29) is 0 Å². The van der Waals surface area contributed by atoms with Crippen LogP contribution in [0.1, 0.15) is 11.1 Å². The number of rotatable bonds is 3. The SMILES string of the molecule is N#Cc1cc(Cl)ccc1OCc1ccc(Br)cc1. The Hall–Kier alpha value is -1.50. The Morgan fingerprint density at radius 1 is 1.17 bits per heavy atom. The summed E-state index contributed by atoms with van der Waals surface area (Å²) in [7, 11) is 0. The number of nitrogens with zero attached hydrogens (tertiary/aromatic N) is 1. The molecule has 0 radical (unpaired) electrons. The maximum absolute atomic E-state index is 8.98. The van der Waals surface area contributed by atoms with Gasteiger partial charge in [-0.1, -0.05) is 39.7 Å². The highest BCUT2D eigenvalue weighted by atomic mass is 79.9. The van der Waals surface area contributed by atoms with Crippen LogP contribution in [-0.4, -0.2) is 0 Å². The van der Waals surface area contributed by atoms with Crippen LogP contribution in [0.15, 0.2) is 46.9 Å². The molecule has 0 saturated carbocycles. The number of nitriles is 1. The summed E-state index contributed by atoms with van der Waals surface area (Å²) in [6.07, 6.45) is 0. The number of benzene rings is 2. The Morgan fingerprint density at radius 3 is 2.56 bits per heavy atom. The third-order valence-electron chi connectivity index (χ3n) is 2.37. The van der Waals surface area contributed by atoms with Crippen molar-refractivity contribution in [3.63, 3.8) is 0 Å². The maximum Gasteiger partial charge on any atom is 0.137 e. The van der Waals surface area contributed by atoms with E-state index in [9.17, 15) is 0 Å². The molecule has 0 fully saturated rings. The third kappa shape index (κ3) is 3.25. The summed E-state index contributed by atoms with van der Waals surface area (Å²) in [5.41, 5.74) is 1.48. The Balaban J connectivity index is 2.11. The van der Waals surface area contributed by atoms with Gasteiger partial charge in [-0.05, 0) is 35.9 Å². The van der Waals surface area contributed by atoms with Gasteiger partial charge in [-0.3, -0.25) is 0 Å². The quantitative estimate of drug-likeness (QED) is 0.830. The van der Waals surface area contributed by atoms with E-state index < -0.39 is 0 Å². The van der Waals surface area contributed by atoms with Crippen molar-refractivity contribution in [1.82, 2.24) is 0 Å². The predicted octanol–water partition coefficient (Wildman–Crippen LogP) is 4.55. The monoisotopic (exact) mass is 321 g/mol. The van der Waals surface area contributed by atoms with Crippen molar-refractivity contribution in [2.24, 2.45) is 0 Å². The molecule has 0 bridgehead atoms. The van der Waals surface area contributed by atoms with E-state index in [4.69, 9.17) is 21.6 Å². The average molecular weight is 323 g/mol. The molecule has 0 aliphatic carbocycles. The van der Waals surface area contributed by atoms with Crippen LogP contribution < -0.4 is 4.74 Å². The Labute approximate surface area is 119 Å². The molecule has 2 aromatic carbocycles. The topological polar surface area (TPSA) is 33.0 Å². The number of halogens is 2. The molecule has 0 saturated heterocycles. The van der Waals surface area contributed by atoms with Crippen molar-refractivity contribution in [2.75, 3.05) is 0 Å². The number of hydrogen-bond acceptors (Lipinski definition) is 2. The van der Waals surface area contributed by atoms with Crippen LogP contribution in [0.2, 0.25) is 5.02 Å². The summed E-state index contributed by atoms with van der Waals surface area (Å²) in [5.74, 6) is 0.546. The minimum atomic E-state index is 0.420. The van der Waals surface area contributed by atoms with Crippen LogP contribution in [-0.2, 0) is 6.61 Å². The molecule has 2 nitrogen and oxygen atoms in total. The van der Waals surface area contributed by atoms with E-state index in [1.54, 1.807) is 18.2 Å². The van der Waals surface area contributed by atoms with E-state index in [0.29, 0.717) is 22.9 Å². The molecule has 4 heteroatoms. The third-order valence-corrected chi connectivity index (χ3v) is 3.13. The van der Waals surface area contributed by atoms with Gasteiger partial charge in [0.25, 0.3) is 0 Å². The summed E-state index contributed by atoms with van der Waals surface area (Å²) in [6, 6.07) is 14.9. The van der Waals surface area contributed by atoms with Crippen molar-refractivity contribution in [1.29, 1.82) is 5.26 Å². The Bertz CT molecular complexity index is 590. The van der Waals surface area contributed by atoms with Crippen molar-refractivity contribution in [3.05, 3.63) is 63.1 Å². The zero-order valence-corrected chi connectivity index (χ0v) is 11.7. The first-order chi connectivity index (χ1) is 8.69. The lowest BCUT2D eigenvalue weighted by atomic mass is 10.2. The fourth-order valence-electron chi connectivity index (χ4n) is 1.46. The summed E-state index contributed by atoms with van der Waals surface area (Å²) < 4.78 is 6.64. The second-order valence-electron chi connectivity index (χ2n) is 3.67. The predicted molar refractivity (Wildman–Crippen MR) is 74.6 cm³/mol. The molecule has 0 spiro atoms. The molecule has 90 valence electrons. The zero-order valence-electron chi connectivity index (χ0n) is 9.36. The smallest absolute Gasteiger partial charge is 0.137 e. The molecule has 2 aromatic rings. The fraction of sp³-hybridized carbons (Fsp3) is 0.0714. The van der Waals surface area contributed by atoms with Crippen molar-refractivity contribution >= 4 is 27.5 Å². The minimum absolute atomic E-state index is 0.420. The summed E-state index contributed by atoms with van der Waals surface area (Å²) in [6.45, 7) is 0.420. The average Bonchev–Trinajstić information content (AvgIpc) is 2.39. The largest absolute Gasteiger partial charge is 0.488 e. The van der Waals surface area contributed by atoms with Gasteiger partial charge < -0.3 is 4.74 Å². The van der Waals surface area contributed by atoms with Crippen molar-refractivity contribution in [2.45, 2.75) is 6.61 Å². The van der Waals surface area contributed by atoms with E-state index in [1.165, 1.54) is 0 Å².